The zero-order valence-corrected chi connectivity index (χ0v) is 16.1. The van der Waals surface area contributed by atoms with Gasteiger partial charge in [-0.05, 0) is 58.8 Å². The van der Waals surface area contributed by atoms with Gasteiger partial charge in [-0.1, -0.05) is 18.2 Å². The number of esters is 1. The minimum atomic E-state index is -0.636. The third kappa shape index (κ3) is 5.21. The van der Waals surface area contributed by atoms with Gasteiger partial charge in [0.25, 0.3) is 5.91 Å². The fourth-order valence-corrected chi connectivity index (χ4v) is 2.89. The van der Waals surface area contributed by atoms with Gasteiger partial charge >= 0.3 is 5.97 Å². The minimum Gasteiger partial charge on any atom is -0.452 e. The summed E-state index contributed by atoms with van der Waals surface area (Å²) >= 11 is 3.38. The number of carbonyl (C=O) groups excluding carboxylic acids is 2. The summed E-state index contributed by atoms with van der Waals surface area (Å²) in [7, 11) is 0. The molecule has 0 aliphatic rings. The van der Waals surface area contributed by atoms with Crippen molar-refractivity contribution in [2.75, 3.05) is 11.9 Å². The van der Waals surface area contributed by atoms with E-state index in [1.165, 1.54) is 12.2 Å². The van der Waals surface area contributed by atoms with Crippen LogP contribution >= 0.6 is 15.9 Å². The number of para-hydroxylation sites is 2. The van der Waals surface area contributed by atoms with Crippen molar-refractivity contribution in [2.24, 2.45) is 0 Å². The smallest absolute Gasteiger partial charge is 0.331 e. The maximum absolute atomic E-state index is 11.9. The molecular weight excluding hydrogens is 410 g/mol. The van der Waals surface area contributed by atoms with E-state index >= 15 is 0 Å². The second-order valence-electron chi connectivity index (χ2n) is 5.76. The lowest BCUT2D eigenvalue weighted by Gasteiger charge is -2.08. The predicted octanol–water partition coefficient (Wildman–Crippen LogP) is 3.90. The van der Waals surface area contributed by atoms with E-state index in [4.69, 9.17) is 4.74 Å². The average Bonchev–Trinajstić information content (AvgIpc) is 2.67. The van der Waals surface area contributed by atoms with Crippen molar-refractivity contribution in [3.63, 3.8) is 0 Å². The summed E-state index contributed by atoms with van der Waals surface area (Å²) < 4.78 is 5.71. The van der Waals surface area contributed by atoms with Gasteiger partial charge in [0.1, 0.15) is 0 Å². The number of nitrogens with zero attached hydrogens (tertiary/aromatic N) is 2. The van der Waals surface area contributed by atoms with E-state index in [1.54, 1.807) is 12.3 Å². The number of amides is 1. The van der Waals surface area contributed by atoms with Crippen LogP contribution in [0.1, 0.15) is 11.3 Å². The molecule has 136 valence electrons. The van der Waals surface area contributed by atoms with Crippen LogP contribution in [0.2, 0.25) is 0 Å². The number of hydrogen-bond acceptors (Lipinski definition) is 5. The first-order valence-corrected chi connectivity index (χ1v) is 8.93. The number of benzene rings is 2. The maximum Gasteiger partial charge on any atom is 0.331 e. The van der Waals surface area contributed by atoms with Crippen molar-refractivity contribution in [1.82, 2.24) is 9.97 Å². The summed E-state index contributed by atoms with van der Waals surface area (Å²) in [5.74, 6) is -1.06. The lowest BCUT2D eigenvalue weighted by molar-refractivity contribution is -0.142. The molecule has 1 N–H and O–H groups in total. The first-order valence-electron chi connectivity index (χ1n) is 8.14. The number of carbonyl (C=O) groups is 2. The molecule has 1 aromatic heterocycles. The van der Waals surface area contributed by atoms with Gasteiger partial charge in [-0.2, -0.15) is 0 Å². The predicted molar refractivity (Wildman–Crippen MR) is 107 cm³/mol. The van der Waals surface area contributed by atoms with E-state index in [-0.39, 0.29) is 6.61 Å². The van der Waals surface area contributed by atoms with E-state index in [2.05, 4.69) is 31.2 Å². The van der Waals surface area contributed by atoms with Crippen molar-refractivity contribution in [3.05, 3.63) is 70.5 Å². The van der Waals surface area contributed by atoms with E-state index in [1.807, 2.05) is 43.3 Å². The first kappa shape index (κ1) is 18.7. The fraction of sp³-hybridized carbons (Fsp3) is 0.100. The van der Waals surface area contributed by atoms with Gasteiger partial charge in [-0.25, -0.2) is 9.78 Å². The molecular formula is C20H16BrN3O3. The van der Waals surface area contributed by atoms with Crippen molar-refractivity contribution >= 4 is 50.6 Å². The highest BCUT2D eigenvalue weighted by Crippen LogP contribution is 2.23. The molecule has 1 amide bonds. The SMILES string of the molecule is Cc1ccc(NC(=O)COC(=O)/C=C/c2cnc3ccccc3n2)c(Br)c1. The van der Waals surface area contributed by atoms with Gasteiger partial charge in [0, 0.05) is 10.5 Å². The Bertz CT molecular complexity index is 1030. The van der Waals surface area contributed by atoms with E-state index in [0.29, 0.717) is 11.4 Å². The summed E-state index contributed by atoms with van der Waals surface area (Å²) in [6, 6.07) is 13.0. The molecule has 27 heavy (non-hydrogen) atoms. The van der Waals surface area contributed by atoms with Gasteiger partial charge in [-0.15, -0.1) is 0 Å². The Labute approximate surface area is 164 Å². The van der Waals surface area contributed by atoms with Crippen molar-refractivity contribution in [1.29, 1.82) is 0 Å². The Kier molecular flexibility index (Phi) is 5.93. The molecule has 0 fully saturated rings. The van der Waals surface area contributed by atoms with Crippen LogP contribution in [-0.2, 0) is 14.3 Å². The Balaban J connectivity index is 1.53. The quantitative estimate of drug-likeness (QED) is 0.495. The number of ether oxygens (including phenoxy) is 1. The number of rotatable bonds is 5. The highest BCUT2D eigenvalue weighted by atomic mass is 79.9. The van der Waals surface area contributed by atoms with Crippen LogP contribution < -0.4 is 5.32 Å². The normalized spacial score (nSPS) is 10.9. The highest BCUT2D eigenvalue weighted by molar-refractivity contribution is 9.10. The van der Waals surface area contributed by atoms with E-state index in [0.717, 1.165) is 21.1 Å². The van der Waals surface area contributed by atoms with Gasteiger partial charge in [0.15, 0.2) is 6.61 Å². The minimum absolute atomic E-state index is 0.382. The molecule has 2 aromatic carbocycles. The van der Waals surface area contributed by atoms with Gasteiger partial charge < -0.3 is 10.1 Å². The van der Waals surface area contributed by atoms with Crippen molar-refractivity contribution in [3.8, 4) is 0 Å². The van der Waals surface area contributed by atoms with Crippen LogP contribution in [-0.4, -0.2) is 28.5 Å². The standard InChI is InChI=1S/C20H16BrN3O3/c1-13-6-8-16(15(21)10-13)24-19(25)12-27-20(26)9-7-14-11-22-17-4-2-3-5-18(17)23-14/h2-11H,12H2,1H3,(H,24,25)/b9-7+. The molecule has 0 saturated carbocycles. The van der Waals surface area contributed by atoms with Crippen LogP contribution in [0, 0.1) is 6.92 Å². The number of halogens is 1. The Morgan fingerprint density at radius 2 is 1.96 bits per heavy atom. The molecule has 0 atom stereocenters. The van der Waals surface area contributed by atoms with E-state index < -0.39 is 11.9 Å². The molecule has 3 aromatic rings. The van der Waals surface area contributed by atoms with Gasteiger partial charge in [-0.3, -0.25) is 9.78 Å². The van der Waals surface area contributed by atoms with E-state index in [9.17, 15) is 9.59 Å². The summed E-state index contributed by atoms with van der Waals surface area (Å²) in [5.41, 5.74) is 3.71. The number of hydrogen-bond donors (Lipinski definition) is 1. The summed E-state index contributed by atoms with van der Waals surface area (Å²) in [5, 5.41) is 2.68. The highest BCUT2D eigenvalue weighted by Gasteiger charge is 2.08. The van der Waals surface area contributed by atoms with Crippen LogP contribution in [0.4, 0.5) is 5.69 Å². The topological polar surface area (TPSA) is 81.2 Å². The van der Waals surface area contributed by atoms with Gasteiger partial charge in [0.05, 0.1) is 28.6 Å². The van der Waals surface area contributed by atoms with Gasteiger partial charge in [0.2, 0.25) is 0 Å². The van der Waals surface area contributed by atoms with Crippen LogP contribution in [0.3, 0.4) is 0 Å². The molecule has 0 unspecified atom stereocenters. The second kappa shape index (κ2) is 8.55. The number of nitrogens with one attached hydrogen (secondary N) is 1. The molecule has 0 radical (unpaired) electrons. The van der Waals surface area contributed by atoms with Crippen LogP contribution in [0.15, 0.2) is 59.2 Å². The molecule has 1 heterocycles. The first-order chi connectivity index (χ1) is 13.0. The molecule has 0 aliphatic heterocycles. The molecule has 7 heteroatoms. The molecule has 0 bridgehead atoms. The Morgan fingerprint density at radius 1 is 1.19 bits per heavy atom. The lowest BCUT2D eigenvalue weighted by Crippen LogP contribution is -2.20. The van der Waals surface area contributed by atoms with Crippen molar-refractivity contribution in [2.45, 2.75) is 6.92 Å². The number of aromatic nitrogens is 2. The zero-order valence-electron chi connectivity index (χ0n) is 14.5. The summed E-state index contributed by atoms with van der Waals surface area (Å²) in [6.07, 6.45) is 4.28. The molecule has 0 saturated heterocycles. The fourth-order valence-electron chi connectivity index (χ4n) is 2.30. The third-order valence-corrected chi connectivity index (χ3v) is 4.26. The number of anilines is 1. The monoisotopic (exact) mass is 425 g/mol. The Hall–Kier alpha value is -3.06. The Morgan fingerprint density at radius 3 is 2.74 bits per heavy atom. The molecule has 0 spiro atoms. The largest absolute Gasteiger partial charge is 0.452 e. The van der Waals surface area contributed by atoms with Crippen LogP contribution in [0.5, 0.6) is 0 Å². The maximum atomic E-state index is 11.9. The average molecular weight is 426 g/mol. The second-order valence-corrected chi connectivity index (χ2v) is 6.61. The zero-order chi connectivity index (χ0) is 19.2. The van der Waals surface area contributed by atoms with Crippen molar-refractivity contribution < 1.29 is 14.3 Å². The molecule has 3 rings (SSSR count). The van der Waals surface area contributed by atoms with Crippen LogP contribution in [0.25, 0.3) is 17.1 Å². The number of aryl methyl sites for hydroxylation is 1. The summed E-state index contributed by atoms with van der Waals surface area (Å²) in [6.45, 7) is 1.57. The molecule has 6 nitrogen and oxygen atoms in total. The summed E-state index contributed by atoms with van der Waals surface area (Å²) in [4.78, 5) is 32.4. The lowest BCUT2D eigenvalue weighted by atomic mass is 10.2. The molecule has 0 aliphatic carbocycles. The third-order valence-electron chi connectivity index (χ3n) is 3.60. The number of fused-ring (bicyclic) bond motifs is 1.